The maximum Gasteiger partial charge on any atom is 0.175 e. The van der Waals surface area contributed by atoms with Gasteiger partial charge in [-0.3, -0.25) is 0 Å². The number of anilines is 2. The van der Waals surface area contributed by atoms with E-state index in [4.69, 9.17) is 35.4 Å². The molecule has 0 spiro atoms. The van der Waals surface area contributed by atoms with E-state index < -0.39 is 0 Å². The standard InChI is InChI=1S/C19H14Cl2N4S/c20-13-6-11-18(17(21)12-13)23-19(26)22-14-7-9-16(10-8-14)25-24-15-4-2-1-3-5-15/h1-12H,(H2,22,23,26). The molecule has 0 unspecified atom stereocenters. The van der Waals surface area contributed by atoms with E-state index in [9.17, 15) is 0 Å². The molecule has 0 heterocycles. The van der Waals surface area contributed by atoms with Crippen molar-refractivity contribution in [2.24, 2.45) is 10.2 Å². The van der Waals surface area contributed by atoms with Crippen molar-refractivity contribution in [3.63, 3.8) is 0 Å². The van der Waals surface area contributed by atoms with Crippen LogP contribution < -0.4 is 10.6 Å². The molecule has 2 N–H and O–H groups in total. The quantitative estimate of drug-likeness (QED) is 0.358. The minimum Gasteiger partial charge on any atom is -0.332 e. The van der Waals surface area contributed by atoms with E-state index in [0.717, 1.165) is 17.1 Å². The molecule has 4 nitrogen and oxygen atoms in total. The first-order valence-corrected chi connectivity index (χ1v) is 8.86. The van der Waals surface area contributed by atoms with Crippen molar-refractivity contribution >= 4 is 63.3 Å². The lowest BCUT2D eigenvalue weighted by Gasteiger charge is -2.12. The molecular weight excluding hydrogens is 387 g/mol. The highest BCUT2D eigenvalue weighted by atomic mass is 35.5. The number of rotatable bonds is 4. The lowest BCUT2D eigenvalue weighted by molar-refractivity contribution is 1.23. The van der Waals surface area contributed by atoms with Gasteiger partial charge in [0, 0.05) is 10.7 Å². The summed E-state index contributed by atoms with van der Waals surface area (Å²) >= 11 is 17.3. The summed E-state index contributed by atoms with van der Waals surface area (Å²) in [5.41, 5.74) is 3.06. The van der Waals surface area contributed by atoms with Crippen molar-refractivity contribution in [1.29, 1.82) is 0 Å². The van der Waals surface area contributed by atoms with Crippen LogP contribution in [0.25, 0.3) is 0 Å². The van der Waals surface area contributed by atoms with Crippen LogP contribution in [0.15, 0.2) is 83.0 Å². The number of hydrogen-bond acceptors (Lipinski definition) is 3. The van der Waals surface area contributed by atoms with Crippen LogP contribution in [-0.4, -0.2) is 5.11 Å². The molecule has 0 aliphatic heterocycles. The third-order valence-electron chi connectivity index (χ3n) is 3.34. The smallest absolute Gasteiger partial charge is 0.175 e. The van der Waals surface area contributed by atoms with E-state index in [2.05, 4.69) is 20.9 Å². The Morgan fingerprint density at radius 3 is 2.08 bits per heavy atom. The molecule has 0 atom stereocenters. The Bertz CT molecular complexity index is 928. The number of nitrogens with zero attached hydrogens (tertiary/aromatic N) is 2. The topological polar surface area (TPSA) is 48.8 Å². The Balaban J connectivity index is 1.60. The summed E-state index contributed by atoms with van der Waals surface area (Å²) in [5.74, 6) is 0. The van der Waals surface area contributed by atoms with Crippen molar-refractivity contribution in [3.05, 3.63) is 82.8 Å². The third kappa shape index (κ3) is 5.26. The molecule has 0 aliphatic carbocycles. The summed E-state index contributed by atoms with van der Waals surface area (Å²) in [6.45, 7) is 0. The van der Waals surface area contributed by atoms with Gasteiger partial charge >= 0.3 is 0 Å². The molecule has 3 aromatic carbocycles. The first-order chi connectivity index (χ1) is 12.6. The van der Waals surface area contributed by atoms with Crippen molar-refractivity contribution in [3.8, 4) is 0 Å². The Morgan fingerprint density at radius 2 is 1.42 bits per heavy atom. The highest BCUT2D eigenvalue weighted by Gasteiger charge is 2.04. The molecule has 0 fully saturated rings. The van der Waals surface area contributed by atoms with E-state index in [1.54, 1.807) is 18.2 Å². The minimum atomic E-state index is 0.424. The second-order valence-corrected chi connectivity index (χ2v) is 6.54. The molecule has 0 radical (unpaired) electrons. The van der Waals surface area contributed by atoms with Crippen LogP contribution in [0.2, 0.25) is 10.0 Å². The molecule has 0 amide bonds. The first-order valence-electron chi connectivity index (χ1n) is 7.70. The molecule has 7 heteroatoms. The van der Waals surface area contributed by atoms with Gasteiger partial charge in [-0.05, 0) is 66.8 Å². The second-order valence-electron chi connectivity index (χ2n) is 5.29. The molecule has 26 heavy (non-hydrogen) atoms. The van der Waals surface area contributed by atoms with Gasteiger partial charge in [-0.2, -0.15) is 10.2 Å². The fourth-order valence-corrected chi connectivity index (χ4v) is 2.78. The largest absolute Gasteiger partial charge is 0.332 e. The first kappa shape index (κ1) is 18.3. The van der Waals surface area contributed by atoms with Gasteiger partial charge < -0.3 is 10.6 Å². The van der Waals surface area contributed by atoms with E-state index in [1.807, 2.05) is 54.6 Å². The summed E-state index contributed by atoms with van der Waals surface area (Å²) in [5, 5.41) is 16.0. The van der Waals surface area contributed by atoms with Crippen molar-refractivity contribution in [1.82, 2.24) is 0 Å². The monoisotopic (exact) mass is 400 g/mol. The highest BCUT2D eigenvalue weighted by Crippen LogP contribution is 2.26. The Hall–Kier alpha value is -2.47. The van der Waals surface area contributed by atoms with Crippen LogP contribution in [0.4, 0.5) is 22.7 Å². The zero-order chi connectivity index (χ0) is 18.4. The van der Waals surface area contributed by atoms with Gasteiger partial charge in [0.25, 0.3) is 0 Å². The van der Waals surface area contributed by atoms with Crippen LogP contribution in [-0.2, 0) is 0 Å². The van der Waals surface area contributed by atoms with Crippen LogP contribution >= 0.6 is 35.4 Å². The van der Waals surface area contributed by atoms with Crippen molar-refractivity contribution in [2.45, 2.75) is 0 Å². The zero-order valence-electron chi connectivity index (χ0n) is 13.5. The maximum atomic E-state index is 6.13. The zero-order valence-corrected chi connectivity index (χ0v) is 15.8. The Labute approximate surface area is 166 Å². The molecule has 0 bridgehead atoms. The van der Waals surface area contributed by atoms with Crippen LogP contribution in [0.1, 0.15) is 0 Å². The van der Waals surface area contributed by atoms with Crippen LogP contribution in [0.5, 0.6) is 0 Å². The number of benzene rings is 3. The number of thiocarbonyl (C=S) groups is 1. The lowest BCUT2D eigenvalue weighted by Crippen LogP contribution is -2.19. The fraction of sp³-hybridized carbons (Fsp3) is 0. The molecular formula is C19H14Cl2N4S. The normalized spacial score (nSPS) is 10.7. The minimum absolute atomic E-state index is 0.424. The number of azo groups is 1. The highest BCUT2D eigenvalue weighted by molar-refractivity contribution is 7.80. The molecule has 3 aromatic rings. The Kier molecular flexibility index (Phi) is 6.17. The lowest BCUT2D eigenvalue weighted by atomic mass is 10.3. The maximum absolute atomic E-state index is 6.13. The van der Waals surface area contributed by atoms with Crippen LogP contribution in [0.3, 0.4) is 0 Å². The summed E-state index contributed by atoms with van der Waals surface area (Å²) in [6, 6.07) is 22.2. The van der Waals surface area contributed by atoms with E-state index >= 15 is 0 Å². The molecule has 0 aromatic heterocycles. The van der Waals surface area contributed by atoms with Gasteiger partial charge in [0.2, 0.25) is 0 Å². The third-order valence-corrected chi connectivity index (χ3v) is 4.09. The SMILES string of the molecule is S=C(Nc1ccc(N=Nc2ccccc2)cc1)Nc1ccc(Cl)cc1Cl. The Morgan fingerprint density at radius 1 is 0.769 bits per heavy atom. The van der Waals surface area contributed by atoms with Gasteiger partial charge in [0.1, 0.15) is 0 Å². The van der Waals surface area contributed by atoms with Crippen molar-refractivity contribution in [2.75, 3.05) is 10.6 Å². The molecule has 0 saturated heterocycles. The molecule has 0 saturated carbocycles. The van der Waals surface area contributed by atoms with E-state index in [1.165, 1.54) is 0 Å². The van der Waals surface area contributed by atoms with Gasteiger partial charge in [0.15, 0.2) is 5.11 Å². The van der Waals surface area contributed by atoms with Gasteiger partial charge in [-0.15, -0.1) is 0 Å². The number of hydrogen-bond donors (Lipinski definition) is 2. The molecule has 3 rings (SSSR count). The van der Waals surface area contributed by atoms with Gasteiger partial charge in [-0.25, -0.2) is 0 Å². The fourth-order valence-electron chi connectivity index (χ4n) is 2.10. The van der Waals surface area contributed by atoms with Gasteiger partial charge in [0.05, 0.1) is 22.1 Å². The van der Waals surface area contributed by atoms with E-state index in [0.29, 0.717) is 20.8 Å². The summed E-state index contributed by atoms with van der Waals surface area (Å²) in [6.07, 6.45) is 0. The number of nitrogens with one attached hydrogen (secondary N) is 2. The number of halogens is 2. The summed E-state index contributed by atoms with van der Waals surface area (Å²) in [7, 11) is 0. The predicted molar refractivity (Wildman–Crippen MR) is 113 cm³/mol. The van der Waals surface area contributed by atoms with E-state index in [-0.39, 0.29) is 0 Å². The second kappa shape index (κ2) is 8.76. The molecule has 130 valence electrons. The summed E-state index contributed by atoms with van der Waals surface area (Å²) in [4.78, 5) is 0. The average Bonchev–Trinajstić information content (AvgIpc) is 2.64. The average molecular weight is 401 g/mol. The van der Waals surface area contributed by atoms with Gasteiger partial charge in [-0.1, -0.05) is 41.4 Å². The van der Waals surface area contributed by atoms with Crippen molar-refractivity contribution < 1.29 is 0 Å². The summed E-state index contributed by atoms with van der Waals surface area (Å²) < 4.78 is 0. The van der Waals surface area contributed by atoms with Crippen LogP contribution in [0, 0.1) is 0 Å². The predicted octanol–water partition coefficient (Wildman–Crippen LogP) is 7.22. The molecule has 0 aliphatic rings.